The molecule has 5 heteroatoms. The topological polar surface area (TPSA) is 90.5 Å². The maximum absolute atomic E-state index is 8.82. The van der Waals surface area contributed by atoms with Crippen molar-refractivity contribution in [2.24, 2.45) is 0 Å². The fraction of sp³-hybridized carbons (Fsp3) is 0.231. The quantitative estimate of drug-likeness (QED) is 0.717. The number of nitrogens with zero attached hydrogens (tertiary/aromatic N) is 2. The average Bonchev–Trinajstić information content (AvgIpc) is 2.90. The summed E-state index contributed by atoms with van der Waals surface area (Å²) in [6, 6.07) is 7.48. The number of anilines is 2. The molecular weight excluding hydrogens is 226 g/mol. The van der Waals surface area contributed by atoms with Gasteiger partial charge in [-0.2, -0.15) is 5.26 Å². The van der Waals surface area contributed by atoms with E-state index < -0.39 is 0 Å². The highest BCUT2D eigenvalue weighted by Crippen LogP contribution is 2.23. The van der Waals surface area contributed by atoms with Crippen LogP contribution in [0.25, 0.3) is 0 Å². The van der Waals surface area contributed by atoms with Crippen LogP contribution in [-0.4, -0.2) is 9.97 Å². The Hall–Kier alpha value is -2.48. The number of nitrogens with two attached hydrogens (primary N) is 1. The second-order valence-corrected chi connectivity index (χ2v) is 3.99. The van der Waals surface area contributed by atoms with Gasteiger partial charge in [0.05, 0.1) is 17.3 Å². The maximum Gasteiger partial charge on any atom is 0.128 e. The van der Waals surface area contributed by atoms with Crippen molar-refractivity contribution in [1.82, 2.24) is 9.97 Å². The van der Waals surface area contributed by atoms with Gasteiger partial charge in [-0.1, -0.05) is 6.92 Å². The first-order valence-electron chi connectivity index (χ1n) is 5.80. The van der Waals surface area contributed by atoms with Crippen molar-refractivity contribution < 1.29 is 0 Å². The highest BCUT2D eigenvalue weighted by atomic mass is 15.0. The molecule has 0 amide bonds. The number of aromatic amines is 1. The molecule has 0 aliphatic carbocycles. The van der Waals surface area contributed by atoms with Gasteiger partial charge in [0.1, 0.15) is 11.9 Å². The zero-order chi connectivity index (χ0) is 13.0. The molecule has 0 aliphatic rings. The lowest BCUT2D eigenvalue weighted by molar-refractivity contribution is 0.704. The Morgan fingerprint density at radius 3 is 2.94 bits per heavy atom. The molecule has 0 radical (unpaired) electrons. The van der Waals surface area contributed by atoms with Gasteiger partial charge in [0.15, 0.2) is 0 Å². The Labute approximate surface area is 106 Å². The predicted octanol–water partition coefficient (Wildman–Crippen LogP) is 2.43. The molecule has 92 valence electrons. The third kappa shape index (κ3) is 2.43. The highest BCUT2D eigenvalue weighted by molar-refractivity contribution is 5.63. The summed E-state index contributed by atoms with van der Waals surface area (Å²) < 4.78 is 0. The number of hydrogen-bond donors (Lipinski definition) is 3. The Morgan fingerprint density at radius 1 is 1.56 bits per heavy atom. The summed E-state index contributed by atoms with van der Waals surface area (Å²) >= 11 is 0. The van der Waals surface area contributed by atoms with Gasteiger partial charge in [-0.25, -0.2) is 4.98 Å². The van der Waals surface area contributed by atoms with E-state index >= 15 is 0 Å². The molecule has 0 spiro atoms. The van der Waals surface area contributed by atoms with E-state index in [2.05, 4.69) is 22.2 Å². The van der Waals surface area contributed by atoms with Crippen LogP contribution in [-0.2, 0) is 0 Å². The second kappa shape index (κ2) is 5.23. The molecule has 1 aromatic carbocycles. The predicted molar refractivity (Wildman–Crippen MR) is 70.8 cm³/mol. The van der Waals surface area contributed by atoms with Crippen molar-refractivity contribution in [3.63, 3.8) is 0 Å². The number of nitriles is 1. The van der Waals surface area contributed by atoms with Crippen LogP contribution < -0.4 is 11.1 Å². The van der Waals surface area contributed by atoms with Gasteiger partial charge in [-0.3, -0.25) is 0 Å². The normalized spacial score (nSPS) is 11.8. The van der Waals surface area contributed by atoms with E-state index in [-0.39, 0.29) is 6.04 Å². The van der Waals surface area contributed by atoms with E-state index in [1.54, 1.807) is 24.5 Å². The monoisotopic (exact) mass is 241 g/mol. The molecule has 1 unspecified atom stereocenters. The van der Waals surface area contributed by atoms with Gasteiger partial charge in [0.25, 0.3) is 0 Å². The first kappa shape index (κ1) is 12.0. The molecule has 0 aliphatic heterocycles. The van der Waals surface area contributed by atoms with Gasteiger partial charge in [0, 0.05) is 18.1 Å². The molecule has 0 fully saturated rings. The Morgan fingerprint density at radius 2 is 2.39 bits per heavy atom. The minimum Gasteiger partial charge on any atom is -0.398 e. The van der Waals surface area contributed by atoms with Crippen LogP contribution in [0.5, 0.6) is 0 Å². The molecule has 0 saturated heterocycles. The maximum atomic E-state index is 8.82. The third-order valence-corrected chi connectivity index (χ3v) is 2.77. The molecule has 1 atom stereocenters. The molecule has 5 nitrogen and oxygen atoms in total. The Balaban J connectivity index is 2.18. The molecule has 2 rings (SSSR count). The van der Waals surface area contributed by atoms with Crippen LogP contribution in [0.2, 0.25) is 0 Å². The third-order valence-electron chi connectivity index (χ3n) is 2.77. The smallest absolute Gasteiger partial charge is 0.128 e. The SMILES string of the molecule is CCC(Nc1ccc(C#N)c(N)c1)c1ncc[nH]1. The van der Waals surface area contributed by atoms with Gasteiger partial charge in [0.2, 0.25) is 0 Å². The van der Waals surface area contributed by atoms with E-state index in [0.29, 0.717) is 11.3 Å². The number of nitrogen functional groups attached to an aromatic ring is 1. The van der Waals surface area contributed by atoms with Crippen molar-refractivity contribution in [2.75, 3.05) is 11.1 Å². The largest absolute Gasteiger partial charge is 0.398 e. The second-order valence-electron chi connectivity index (χ2n) is 3.99. The number of nitrogens with one attached hydrogen (secondary N) is 2. The fourth-order valence-corrected chi connectivity index (χ4v) is 1.79. The zero-order valence-corrected chi connectivity index (χ0v) is 10.1. The van der Waals surface area contributed by atoms with Crippen molar-refractivity contribution in [3.05, 3.63) is 42.0 Å². The Bertz CT molecular complexity index is 553. The van der Waals surface area contributed by atoms with Crippen LogP contribution >= 0.6 is 0 Å². The zero-order valence-electron chi connectivity index (χ0n) is 10.1. The van der Waals surface area contributed by atoms with Crippen molar-refractivity contribution in [2.45, 2.75) is 19.4 Å². The van der Waals surface area contributed by atoms with Gasteiger partial charge < -0.3 is 16.0 Å². The summed E-state index contributed by atoms with van der Waals surface area (Å²) in [7, 11) is 0. The molecule has 4 N–H and O–H groups in total. The van der Waals surface area contributed by atoms with Crippen LogP contribution in [0.4, 0.5) is 11.4 Å². The Kier molecular flexibility index (Phi) is 3.49. The summed E-state index contributed by atoms with van der Waals surface area (Å²) in [5.74, 6) is 0.889. The van der Waals surface area contributed by atoms with E-state index in [0.717, 1.165) is 17.9 Å². The lowest BCUT2D eigenvalue weighted by atomic mass is 10.1. The summed E-state index contributed by atoms with van der Waals surface area (Å²) in [4.78, 5) is 7.33. The first-order chi connectivity index (χ1) is 8.74. The van der Waals surface area contributed by atoms with E-state index in [1.165, 1.54) is 0 Å². The van der Waals surface area contributed by atoms with Crippen LogP contribution in [0, 0.1) is 11.3 Å². The summed E-state index contributed by atoms with van der Waals surface area (Å²) in [5, 5.41) is 12.2. The minimum atomic E-state index is 0.104. The molecular formula is C13H15N5. The number of hydrogen-bond acceptors (Lipinski definition) is 4. The van der Waals surface area contributed by atoms with Crippen molar-refractivity contribution in [3.8, 4) is 6.07 Å². The molecule has 1 aromatic heterocycles. The molecule has 0 bridgehead atoms. The molecule has 0 saturated carbocycles. The number of H-pyrrole nitrogens is 1. The molecule has 1 heterocycles. The summed E-state index contributed by atoms with van der Waals surface area (Å²) in [6.45, 7) is 2.08. The number of rotatable bonds is 4. The van der Waals surface area contributed by atoms with Gasteiger partial charge in [-0.15, -0.1) is 0 Å². The summed E-state index contributed by atoms with van der Waals surface area (Å²) in [6.07, 6.45) is 4.42. The van der Waals surface area contributed by atoms with Crippen molar-refractivity contribution in [1.29, 1.82) is 5.26 Å². The van der Waals surface area contributed by atoms with E-state index in [4.69, 9.17) is 11.0 Å². The average molecular weight is 241 g/mol. The lowest BCUT2D eigenvalue weighted by Crippen LogP contribution is -2.11. The first-order valence-corrected chi connectivity index (χ1v) is 5.80. The molecule has 2 aromatic rings. The highest BCUT2D eigenvalue weighted by Gasteiger charge is 2.11. The van der Waals surface area contributed by atoms with Crippen LogP contribution in [0.1, 0.15) is 30.8 Å². The summed E-state index contributed by atoms with van der Waals surface area (Å²) in [5.41, 5.74) is 7.64. The van der Waals surface area contributed by atoms with Crippen LogP contribution in [0.15, 0.2) is 30.6 Å². The standard InChI is InChI=1S/C13H15N5/c1-2-12(13-16-5-6-17-13)18-10-4-3-9(8-14)11(15)7-10/h3-7,12,18H,2,15H2,1H3,(H,16,17). The number of imidazole rings is 1. The van der Waals surface area contributed by atoms with Crippen LogP contribution in [0.3, 0.4) is 0 Å². The minimum absolute atomic E-state index is 0.104. The molecule has 18 heavy (non-hydrogen) atoms. The number of benzene rings is 1. The van der Waals surface area contributed by atoms with E-state index in [9.17, 15) is 0 Å². The van der Waals surface area contributed by atoms with Crippen molar-refractivity contribution >= 4 is 11.4 Å². The van der Waals surface area contributed by atoms with Gasteiger partial charge in [-0.05, 0) is 24.6 Å². The van der Waals surface area contributed by atoms with Gasteiger partial charge >= 0.3 is 0 Å². The number of aromatic nitrogens is 2. The van der Waals surface area contributed by atoms with E-state index in [1.807, 2.05) is 12.1 Å². The fourth-order valence-electron chi connectivity index (χ4n) is 1.79. The lowest BCUT2D eigenvalue weighted by Gasteiger charge is -2.16.